The Morgan fingerprint density at radius 2 is 1.61 bits per heavy atom. The van der Waals surface area contributed by atoms with E-state index >= 15 is 0 Å². The molecular weight excluding hydrogens is 382 g/mol. The van der Waals surface area contributed by atoms with Crippen LogP contribution in [0.5, 0.6) is 0 Å². The van der Waals surface area contributed by atoms with Crippen molar-refractivity contribution in [3.8, 4) is 0 Å². The lowest BCUT2D eigenvalue weighted by molar-refractivity contribution is 0.00670. The average Bonchev–Trinajstić information content (AvgIpc) is 2.67. The summed E-state index contributed by atoms with van der Waals surface area (Å²) in [6.45, 7) is 5.82. The Bertz CT molecular complexity index is 780. The summed E-state index contributed by atoms with van der Waals surface area (Å²) in [6.07, 6.45) is 16.3. The molecule has 5 saturated carbocycles. The third kappa shape index (κ3) is 4.81. The van der Waals surface area contributed by atoms with Crippen LogP contribution in [0.25, 0.3) is 0 Å². The smallest absolute Gasteiger partial charge is 0.338 e. The molecule has 0 aromatic heterocycles. The summed E-state index contributed by atoms with van der Waals surface area (Å²) in [5.41, 5.74) is 3.11. The highest BCUT2D eigenvalue weighted by molar-refractivity contribution is 5.91. The van der Waals surface area contributed by atoms with Gasteiger partial charge in [0.05, 0.1) is 5.56 Å². The SMILES string of the molecule is CC(C)(C)OC(=O)c1ccc(CC2CCCCC2)c(NC23CC4CC(CC(C4)C2)C3)c1. The lowest BCUT2D eigenvalue weighted by atomic mass is 9.53. The molecule has 4 bridgehead atoms. The van der Waals surface area contributed by atoms with Crippen molar-refractivity contribution >= 4 is 11.7 Å². The van der Waals surface area contributed by atoms with Crippen LogP contribution in [-0.4, -0.2) is 17.1 Å². The van der Waals surface area contributed by atoms with Gasteiger partial charge in [-0.05, 0) is 107 Å². The maximum Gasteiger partial charge on any atom is 0.338 e. The van der Waals surface area contributed by atoms with Gasteiger partial charge in [0.25, 0.3) is 0 Å². The number of rotatable bonds is 5. The zero-order valence-corrected chi connectivity index (χ0v) is 19.8. The van der Waals surface area contributed by atoms with Crippen LogP contribution in [0.1, 0.15) is 107 Å². The van der Waals surface area contributed by atoms with E-state index in [-0.39, 0.29) is 11.5 Å². The number of nitrogens with one attached hydrogen (secondary N) is 1. The number of anilines is 1. The molecule has 1 aromatic rings. The topological polar surface area (TPSA) is 38.3 Å². The van der Waals surface area contributed by atoms with Gasteiger partial charge in [0.2, 0.25) is 0 Å². The molecule has 5 fully saturated rings. The molecule has 5 aliphatic carbocycles. The van der Waals surface area contributed by atoms with Gasteiger partial charge in [0.1, 0.15) is 5.60 Å². The Morgan fingerprint density at radius 3 is 2.19 bits per heavy atom. The van der Waals surface area contributed by atoms with Crippen LogP contribution in [0.3, 0.4) is 0 Å². The predicted octanol–water partition coefficient (Wildman–Crippen LogP) is 7.15. The van der Waals surface area contributed by atoms with Gasteiger partial charge in [0.15, 0.2) is 0 Å². The van der Waals surface area contributed by atoms with Crippen LogP contribution in [0, 0.1) is 23.7 Å². The van der Waals surface area contributed by atoms with Gasteiger partial charge < -0.3 is 10.1 Å². The standard InChI is InChI=1S/C28H41NO2/c1-27(2,3)31-26(30)24-10-9-23(14-19-7-5-4-6-8-19)25(15-24)29-28-16-20-11-21(17-28)13-22(12-20)18-28/h9-10,15,19-22,29H,4-8,11-14,16-18H2,1-3H3. The summed E-state index contributed by atoms with van der Waals surface area (Å²) < 4.78 is 5.70. The van der Waals surface area contributed by atoms with Gasteiger partial charge in [-0.3, -0.25) is 0 Å². The maximum absolute atomic E-state index is 12.8. The summed E-state index contributed by atoms with van der Waals surface area (Å²) in [4.78, 5) is 12.8. The van der Waals surface area contributed by atoms with E-state index in [2.05, 4.69) is 17.4 Å². The van der Waals surface area contributed by atoms with Crippen LogP contribution in [-0.2, 0) is 11.2 Å². The second kappa shape index (κ2) is 8.12. The van der Waals surface area contributed by atoms with Crippen LogP contribution in [0.2, 0.25) is 0 Å². The first kappa shape index (κ1) is 21.3. The van der Waals surface area contributed by atoms with Gasteiger partial charge in [-0.1, -0.05) is 38.2 Å². The minimum atomic E-state index is -0.467. The van der Waals surface area contributed by atoms with Crippen molar-refractivity contribution in [3.05, 3.63) is 29.3 Å². The monoisotopic (exact) mass is 423 g/mol. The van der Waals surface area contributed by atoms with Crippen LogP contribution < -0.4 is 5.32 Å². The molecule has 0 saturated heterocycles. The number of ether oxygens (including phenoxy) is 1. The van der Waals surface area contributed by atoms with Gasteiger partial charge in [-0.25, -0.2) is 4.79 Å². The van der Waals surface area contributed by atoms with E-state index in [1.165, 1.54) is 81.9 Å². The molecule has 0 radical (unpaired) electrons. The Morgan fingerprint density at radius 1 is 1.00 bits per heavy atom. The first-order chi connectivity index (χ1) is 14.8. The molecule has 6 rings (SSSR count). The Balaban J connectivity index is 1.42. The van der Waals surface area contributed by atoms with Crippen molar-refractivity contribution in [2.45, 2.75) is 109 Å². The van der Waals surface area contributed by atoms with Crippen molar-refractivity contribution in [1.29, 1.82) is 0 Å². The first-order valence-corrected chi connectivity index (χ1v) is 12.9. The van der Waals surface area contributed by atoms with E-state index in [9.17, 15) is 4.79 Å². The van der Waals surface area contributed by atoms with Gasteiger partial charge in [0, 0.05) is 11.2 Å². The molecule has 3 heteroatoms. The molecule has 170 valence electrons. The molecule has 5 aliphatic rings. The quantitative estimate of drug-likeness (QED) is 0.511. The fourth-order valence-electron chi connectivity index (χ4n) is 7.59. The predicted molar refractivity (Wildman–Crippen MR) is 126 cm³/mol. The fourth-order valence-corrected chi connectivity index (χ4v) is 7.59. The third-order valence-electron chi connectivity index (χ3n) is 8.42. The summed E-state index contributed by atoms with van der Waals surface area (Å²) in [7, 11) is 0. The van der Waals surface area contributed by atoms with E-state index in [1.54, 1.807) is 0 Å². The van der Waals surface area contributed by atoms with Gasteiger partial charge in [-0.15, -0.1) is 0 Å². The number of hydrogen-bond donors (Lipinski definition) is 1. The zero-order chi connectivity index (χ0) is 21.6. The normalized spacial score (nSPS) is 32.8. The summed E-state index contributed by atoms with van der Waals surface area (Å²) in [6, 6.07) is 6.33. The Kier molecular flexibility index (Phi) is 5.59. The molecule has 0 spiro atoms. The van der Waals surface area contributed by atoms with Crippen LogP contribution >= 0.6 is 0 Å². The maximum atomic E-state index is 12.8. The molecule has 0 amide bonds. The molecular formula is C28H41NO2. The highest BCUT2D eigenvalue weighted by Gasteiger charge is 2.51. The fraction of sp³-hybridized carbons (Fsp3) is 0.750. The number of esters is 1. The number of carbonyl (C=O) groups excluding carboxylic acids is 1. The van der Waals surface area contributed by atoms with Crippen LogP contribution in [0.4, 0.5) is 5.69 Å². The molecule has 0 unspecified atom stereocenters. The van der Waals surface area contributed by atoms with Gasteiger partial charge in [-0.2, -0.15) is 0 Å². The van der Waals surface area contributed by atoms with Crippen molar-refractivity contribution in [2.75, 3.05) is 5.32 Å². The molecule has 1 aromatic carbocycles. The van der Waals surface area contributed by atoms with E-state index in [1.807, 2.05) is 26.8 Å². The zero-order valence-electron chi connectivity index (χ0n) is 19.8. The molecule has 0 atom stereocenters. The van der Waals surface area contributed by atoms with Crippen molar-refractivity contribution in [2.24, 2.45) is 23.7 Å². The highest BCUT2D eigenvalue weighted by Crippen LogP contribution is 2.56. The van der Waals surface area contributed by atoms with Crippen molar-refractivity contribution in [3.63, 3.8) is 0 Å². The summed E-state index contributed by atoms with van der Waals surface area (Å²) >= 11 is 0. The van der Waals surface area contributed by atoms with Crippen molar-refractivity contribution in [1.82, 2.24) is 0 Å². The second-order valence-electron chi connectivity index (χ2n) is 12.4. The highest BCUT2D eigenvalue weighted by atomic mass is 16.6. The van der Waals surface area contributed by atoms with E-state index in [0.29, 0.717) is 5.56 Å². The number of carbonyl (C=O) groups is 1. The molecule has 0 aliphatic heterocycles. The largest absolute Gasteiger partial charge is 0.456 e. The molecule has 3 nitrogen and oxygen atoms in total. The van der Waals surface area contributed by atoms with Crippen molar-refractivity contribution < 1.29 is 9.53 Å². The average molecular weight is 424 g/mol. The lowest BCUT2D eigenvalue weighted by Crippen LogP contribution is -2.54. The minimum absolute atomic E-state index is 0.203. The van der Waals surface area contributed by atoms with E-state index in [4.69, 9.17) is 4.74 Å². The summed E-state index contributed by atoms with van der Waals surface area (Å²) in [5.74, 6) is 3.32. The minimum Gasteiger partial charge on any atom is -0.456 e. The van der Waals surface area contributed by atoms with Gasteiger partial charge >= 0.3 is 5.97 Å². The van der Waals surface area contributed by atoms with Crippen LogP contribution in [0.15, 0.2) is 18.2 Å². The first-order valence-electron chi connectivity index (χ1n) is 12.9. The molecule has 31 heavy (non-hydrogen) atoms. The molecule has 1 N–H and O–H groups in total. The number of benzene rings is 1. The second-order valence-corrected chi connectivity index (χ2v) is 12.4. The van der Waals surface area contributed by atoms with E-state index < -0.39 is 5.60 Å². The van der Waals surface area contributed by atoms with E-state index in [0.717, 1.165) is 30.1 Å². The Labute approximate surface area is 188 Å². The Hall–Kier alpha value is -1.51. The lowest BCUT2D eigenvalue weighted by Gasteiger charge is -2.57. The summed E-state index contributed by atoms with van der Waals surface area (Å²) in [5, 5.41) is 4.10. The number of hydrogen-bond acceptors (Lipinski definition) is 3. The third-order valence-corrected chi connectivity index (χ3v) is 8.42. The molecule has 0 heterocycles.